The van der Waals surface area contributed by atoms with Crippen LogP contribution in [0.5, 0.6) is 0 Å². The van der Waals surface area contributed by atoms with Crippen LogP contribution in [0.4, 0.5) is 0 Å². The summed E-state index contributed by atoms with van der Waals surface area (Å²) in [4.78, 5) is 16.8. The molecule has 0 amide bonds. The van der Waals surface area contributed by atoms with Gasteiger partial charge in [-0.1, -0.05) is 30.4 Å². The highest BCUT2D eigenvalue weighted by atomic mass is 32.1. The number of hydrogen-bond donors (Lipinski definition) is 1. The summed E-state index contributed by atoms with van der Waals surface area (Å²) >= 11 is 6.28. The number of rotatable bonds is 3. The Balaban J connectivity index is 2.09. The van der Waals surface area contributed by atoms with E-state index in [0.29, 0.717) is 28.2 Å². The van der Waals surface area contributed by atoms with E-state index in [1.54, 1.807) is 12.1 Å². The van der Waals surface area contributed by atoms with Crippen molar-refractivity contribution in [3.05, 3.63) is 51.1 Å². The van der Waals surface area contributed by atoms with Crippen LogP contribution in [-0.2, 0) is 6.42 Å². The molecule has 3 aromatic rings. The highest BCUT2D eigenvalue weighted by Crippen LogP contribution is 2.23. The minimum atomic E-state index is -0.393. The Morgan fingerprint density at radius 1 is 1.40 bits per heavy atom. The molecule has 100 valence electrons. The smallest absolute Gasteiger partial charge is 0.345 e. The molecule has 0 saturated heterocycles. The summed E-state index contributed by atoms with van der Waals surface area (Å²) in [5, 5.41) is 3.47. The van der Waals surface area contributed by atoms with Crippen LogP contribution in [0.3, 0.4) is 0 Å². The number of fused-ring (bicyclic) bond motifs is 1. The van der Waals surface area contributed by atoms with Crippen molar-refractivity contribution in [3.8, 4) is 11.3 Å². The van der Waals surface area contributed by atoms with Crippen molar-refractivity contribution in [1.29, 1.82) is 0 Å². The second-order valence-corrected chi connectivity index (χ2v) is 5.72. The van der Waals surface area contributed by atoms with Crippen molar-refractivity contribution in [3.63, 3.8) is 0 Å². The first kappa shape index (κ1) is 13.0. The quantitative estimate of drug-likeness (QED) is 0.595. The minimum Gasteiger partial charge on any atom is -0.422 e. The monoisotopic (exact) mass is 302 g/mol. The predicted octanol–water partition coefficient (Wildman–Crippen LogP) is 2.75. The fourth-order valence-corrected chi connectivity index (χ4v) is 2.95. The lowest BCUT2D eigenvalue weighted by Gasteiger charge is -1.99. The third kappa shape index (κ3) is 2.48. The maximum atomic E-state index is 12.0. The Kier molecular flexibility index (Phi) is 3.33. The lowest BCUT2D eigenvalue weighted by Crippen LogP contribution is -2.10. The van der Waals surface area contributed by atoms with Crippen molar-refractivity contribution in [2.45, 2.75) is 6.42 Å². The van der Waals surface area contributed by atoms with Crippen LogP contribution in [0, 0.1) is 0 Å². The average molecular weight is 302 g/mol. The highest BCUT2D eigenvalue weighted by molar-refractivity contribution is 7.80. The van der Waals surface area contributed by atoms with Gasteiger partial charge < -0.3 is 10.2 Å². The van der Waals surface area contributed by atoms with Gasteiger partial charge in [0.15, 0.2) is 0 Å². The molecule has 1 aromatic carbocycles. The van der Waals surface area contributed by atoms with Crippen molar-refractivity contribution in [2.24, 2.45) is 5.73 Å². The normalized spacial score (nSPS) is 10.8. The fourth-order valence-electron chi connectivity index (χ4n) is 1.91. The van der Waals surface area contributed by atoms with Crippen molar-refractivity contribution in [2.75, 3.05) is 0 Å². The summed E-state index contributed by atoms with van der Waals surface area (Å²) in [6.07, 6.45) is 0.443. The van der Waals surface area contributed by atoms with Gasteiger partial charge in [0.2, 0.25) is 0 Å². The van der Waals surface area contributed by atoms with E-state index < -0.39 is 5.63 Å². The number of nitrogens with two attached hydrogens (primary N) is 1. The van der Waals surface area contributed by atoms with Gasteiger partial charge in [-0.2, -0.15) is 0 Å². The Morgan fingerprint density at radius 3 is 3.00 bits per heavy atom. The molecule has 2 aromatic heterocycles. The zero-order valence-corrected chi connectivity index (χ0v) is 12.0. The zero-order chi connectivity index (χ0) is 14.1. The number of benzene rings is 1. The first-order valence-electron chi connectivity index (χ1n) is 5.89. The first-order chi connectivity index (χ1) is 9.63. The summed E-state index contributed by atoms with van der Waals surface area (Å²) in [6, 6.07) is 9.17. The Morgan fingerprint density at radius 2 is 2.20 bits per heavy atom. The molecule has 0 unspecified atom stereocenters. The van der Waals surface area contributed by atoms with E-state index in [1.807, 2.05) is 23.6 Å². The van der Waals surface area contributed by atoms with Crippen LogP contribution < -0.4 is 11.4 Å². The first-order valence-corrected chi connectivity index (χ1v) is 7.18. The zero-order valence-electron chi connectivity index (χ0n) is 10.3. The van der Waals surface area contributed by atoms with Crippen LogP contribution in [0.1, 0.15) is 5.01 Å². The third-order valence-electron chi connectivity index (χ3n) is 2.79. The molecule has 2 heterocycles. The molecule has 0 spiro atoms. The fraction of sp³-hybridized carbons (Fsp3) is 0.0714. The molecule has 0 aliphatic carbocycles. The van der Waals surface area contributed by atoms with Crippen LogP contribution in [0.25, 0.3) is 22.2 Å². The number of thiocarbonyl (C=S) groups is 1. The van der Waals surface area contributed by atoms with Gasteiger partial charge in [0.05, 0.1) is 21.3 Å². The van der Waals surface area contributed by atoms with E-state index >= 15 is 0 Å². The average Bonchev–Trinajstić information content (AvgIpc) is 2.85. The minimum absolute atomic E-state index is 0.386. The standard InChI is InChI=1S/C14H10N2O2S2/c15-12(19)6-13-16-10(7-20-13)9-5-8-3-1-2-4-11(8)18-14(9)17/h1-5,7H,6H2,(H2,15,19). The second-order valence-electron chi connectivity index (χ2n) is 4.25. The van der Waals surface area contributed by atoms with Crippen LogP contribution >= 0.6 is 23.6 Å². The van der Waals surface area contributed by atoms with Gasteiger partial charge in [0.1, 0.15) is 5.58 Å². The molecule has 0 radical (unpaired) electrons. The summed E-state index contributed by atoms with van der Waals surface area (Å²) in [5.74, 6) is 0. The molecule has 3 rings (SSSR count). The van der Waals surface area contributed by atoms with Crippen LogP contribution in [0.15, 0.2) is 44.9 Å². The van der Waals surface area contributed by atoms with E-state index in [1.165, 1.54) is 11.3 Å². The number of thiazole rings is 1. The van der Waals surface area contributed by atoms with Gasteiger partial charge in [-0.25, -0.2) is 9.78 Å². The van der Waals surface area contributed by atoms with E-state index in [4.69, 9.17) is 22.4 Å². The van der Waals surface area contributed by atoms with Gasteiger partial charge >= 0.3 is 5.63 Å². The van der Waals surface area contributed by atoms with E-state index in [-0.39, 0.29) is 0 Å². The maximum absolute atomic E-state index is 12.0. The van der Waals surface area contributed by atoms with E-state index in [2.05, 4.69) is 4.98 Å². The topological polar surface area (TPSA) is 69.1 Å². The van der Waals surface area contributed by atoms with E-state index in [9.17, 15) is 4.79 Å². The SMILES string of the molecule is NC(=S)Cc1nc(-c2cc3ccccc3oc2=O)cs1. The van der Waals surface area contributed by atoms with Crippen molar-refractivity contribution >= 4 is 39.5 Å². The summed E-state index contributed by atoms with van der Waals surface area (Å²) in [7, 11) is 0. The van der Waals surface area contributed by atoms with Crippen molar-refractivity contribution < 1.29 is 4.42 Å². The Labute approximate surface area is 123 Å². The highest BCUT2D eigenvalue weighted by Gasteiger charge is 2.11. The molecule has 0 bridgehead atoms. The molecule has 0 aliphatic rings. The number of nitrogens with zero attached hydrogens (tertiary/aromatic N) is 1. The Hall–Kier alpha value is -2.05. The Bertz CT molecular complexity index is 852. The molecule has 0 atom stereocenters. The second kappa shape index (κ2) is 5.15. The molecule has 4 nitrogen and oxygen atoms in total. The van der Waals surface area contributed by atoms with Crippen LogP contribution in [-0.4, -0.2) is 9.97 Å². The van der Waals surface area contributed by atoms with Gasteiger partial charge in [0, 0.05) is 17.2 Å². The third-order valence-corrected chi connectivity index (χ3v) is 3.79. The summed E-state index contributed by atoms with van der Waals surface area (Å²) in [5.41, 5.74) is 6.72. The molecule has 6 heteroatoms. The lowest BCUT2D eigenvalue weighted by atomic mass is 10.1. The molecule has 20 heavy (non-hydrogen) atoms. The summed E-state index contributed by atoms with van der Waals surface area (Å²) in [6.45, 7) is 0. The molecule has 0 fully saturated rings. The maximum Gasteiger partial charge on any atom is 0.345 e. The number of para-hydroxylation sites is 1. The van der Waals surface area contributed by atoms with Gasteiger partial charge in [-0.15, -0.1) is 11.3 Å². The van der Waals surface area contributed by atoms with E-state index in [0.717, 1.165) is 10.4 Å². The molecule has 2 N–H and O–H groups in total. The van der Waals surface area contributed by atoms with Gasteiger partial charge in [0.25, 0.3) is 0 Å². The molecule has 0 aliphatic heterocycles. The number of aromatic nitrogens is 1. The van der Waals surface area contributed by atoms with Gasteiger partial charge in [-0.3, -0.25) is 0 Å². The van der Waals surface area contributed by atoms with Crippen LogP contribution in [0.2, 0.25) is 0 Å². The molecular formula is C14H10N2O2S2. The molecular weight excluding hydrogens is 292 g/mol. The lowest BCUT2D eigenvalue weighted by molar-refractivity contribution is 0.563. The van der Waals surface area contributed by atoms with Gasteiger partial charge in [-0.05, 0) is 12.1 Å². The largest absolute Gasteiger partial charge is 0.422 e. The summed E-state index contributed by atoms with van der Waals surface area (Å²) < 4.78 is 5.30. The predicted molar refractivity (Wildman–Crippen MR) is 84.1 cm³/mol. The van der Waals surface area contributed by atoms with Crippen molar-refractivity contribution in [1.82, 2.24) is 4.98 Å². The molecule has 0 saturated carbocycles. The number of hydrogen-bond acceptors (Lipinski definition) is 5.